The van der Waals surface area contributed by atoms with Crippen LogP contribution in [-0.2, 0) is 6.54 Å². The lowest BCUT2D eigenvalue weighted by molar-refractivity contribution is 0.0844. The predicted molar refractivity (Wildman–Crippen MR) is 93.9 cm³/mol. The predicted octanol–water partition coefficient (Wildman–Crippen LogP) is 3.48. The van der Waals surface area contributed by atoms with Gasteiger partial charge in [-0.25, -0.2) is 4.39 Å². The van der Waals surface area contributed by atoms with Gasteiger partial charge in [0.15, 0.2) is 5.78 Å². The zero-order valence-corrected chi connectivity index (χ0v) is 14.2. The molecule has 0 aliphatic carbocycles. The van der Waals surface area contributed by atoms with Gasteiger partial charge in [0.1, 0.15) is 5.82 Å². The average Bonchev–Trinajstić information content (AvgIpc) is 2.59. The number of nitrogens with zero attached hydrogens (tertiary/aromatic N) is 2. The van der Waals surface area contributed by atoms with Gasteiger partial charge in [-0.2, -0.15) is 0 Å². The van der Waals surface area contributed by atoms with Crippen molar-refractivity contribution in [2.24, 2.45) is 0 Å². The second kappa shape index (κ2) is 7.88. The Morgan fingerprint density at radius 2 is 1.50 bits per heavy atom. The molecule has 24 heavy (non-hydrogen) atoms. The Morgan fingerprint density at radius 1 is 0.917 bits per heavy atom. The standard InChI is InChI=1S/C19H20ClFN2O/c20-17-5-3-16(4-6-17)19(24)14-23-11-9-22(10-12-23)13-15-1-7-18(21)8-2-15/h1-8H,9-14H2. The molecule has 3 nitrogen and oxygen atoms in total. The maximum absolute atomic E-state index is 12.9. The third kappa shape index (κ3) is 4.63. The van der Waals surface area contributed by atoms with Crippen molar-refractivity contribution in [2.45, 2.75) is 6.54 Å². The molecule has 0 N–H and O–H groups in total. The van der Waals surface area contributed by atoms with Crippen molar-refractivity contribution in [1.82, 2.24) is 9.80 Å². The first-order valence-corrected chi connectivity index (χ1v) is 8.46. The van der Waals surface area contributed by atoms with E-state index in [-0.39, 0.29) is 11.6 Å². The second-order valence-corrected chi connectivity index (χ2v) is 6.55. The van der Waals surface area contributed by atoms with Crippen molar-refractivity contribution in [3.05, 3.63) is 70.5 Å². The minimum atomic E-state index is -0.204. The zero-order valence-electron chi connectivity index (χ0n) is 13.4. The van der Waals surface area contributed by atoms with Gasteiger partial charge < -0.3 is 0 Å². The Labute approximate surface area is 146 Å². The molecule has 0 amide bonds. The Balaban J connectivity index is 1.47. The SMILES string of the molecule is O=C(CN1CCN(Cc2ccc(F)cc2)CC1)c1ccc(Cl)cc1. The first kappa shape index (κ1) is 17.1. The van der Waals surface area contributed by atoms with Crippen molar-refractivity contribution in [3.8, 4) is 0 Å². The van der Waals surface area contributed by atoms with Gasteiger partial charge in [-0.1, -0.05) is 23.7 Å². The number of carbonyl (C=O) groups is 1. The topological polar surface area (TPSA) is 23.6 Å². The minimum Gasteiger partial charge on any atom is -0.297 e. The number of carbonyl (C=O) groups excluding carboxylic acids is 1. The van der Waals surface area contributed by atoms with Crippen LogP contribution in [-0.4, -0.2) is 48.3 Å². The Kier molecular flexibility index (Phi) is 5.61. The van der Waals surface area contributed by atoms with Gasteiger partial charge in [0.05, 0.1) is 6.54 Å². The summed E-state index contributed by atoms with van der Waals surface area (Å²) in [5.74, 6) is -0.0806. The molecule has 1 heterocycles. The summed E-state index contributed by atoms with van der Waals surface area (Å²) >= 11 is 5.85. The van der Waals surface area contributed by atoms with E-state index in [2.05, 4.69) is 9.80 Å². The molecular weight excluding hydrogens is 327 g/mol. The lowest BCUT2D eigenvalue weighted by Crippen LogP contribution is -2.47. The molecule has 2 aromatic carbocycles. The average molecular weight is 347 g/mol. The number of hydrogen-bond acceptors (Lipinski definition) is 3. The number of rotatable bonds is 5. The maximum atomic E-state index is 12.9. The minimum absolute atomic E-state index is 0.124. The Bertz CT molecular complexity index is 680. The van der Waals surface area contributed by atoms with E-state index in [0.29, 0.717) is 17.1 Å². The molecule has 0 radical (unpaired) electrons. The summed E-state index contributed by atoms with van der Waals surface area (Å²) < 4.78 is 12.9. The molecule has 0 unspecified atom stereocenters. The van der Waals surface area contributed by atoms with Gasteiger partial charge in [-0.05, 0) is 42.0 Å². The van der Waals surface area contributed by atoms with Crippen LogP contribution < -0.4 is 0 Å². The molecule has 1 aliphatic heterocycles. The van der Waals surface area contributed by atoms with E-state index >= 15 is 0 Å². The Hall–Kier alpha value is -1.75. The molecule has 0 spiro atoms. The van der Waals surface area contributed by atoms with Crippen molar-refractivity contribution in [1.29, 1.82) is 0 Å². The summed E-state index contributed by atoms with van der Waals surface area (Å²) in [6.07, 6.45) is 0. The fraction of sp³-hybridized carbons (Fsp3) is 0.316. The van der Waals surface area contributed by atoms with E-state index in [1.54, 1.807) is 24.3 Å². The number of benzene rings is 2. The van der Waals surface area contributed by atoms with Gasteiger partial charge in [0, 0.05) is 43.3 Å². The summed E-state index contributed by atoms with van der Waals surface area (Å²) in [5.41, 5.74) is 1.82. The summed E-state index contributed by atoms with van der Waals surface area (Å²) in [4.78, 5) is 16.8. The van der Waals surface area contributed by atoms with Crippen LogP contribution in [0.5, 0.6) is 0 Å². The first-order chi connectivity index (χ1) is 11.6. The van der Waals surface area contributed by atoms with Crippen LogP contribution in [0.1, 0.15) is 15.9 Å². The van der Waals surface area contributed by atoms with Crippen molar-refractivity contribution < 1.29 is 9.18 Å². The molecule has 2 aromatic rings. The van der Waals surface area contributed by atoms with Crippen molar-refractivity contribution in [2.75, 3.05) is 32.7 Å². The first-order valence-electron chi connectivity index (χ1n) is 8.08. The zero-order chi connectivity index (χ0) is 16.9. The van der Waals surface area contributed by atoms with E-state index in [1.807, 2.05) is 12.1 Å². The van der Waals surface area contributed by atoms with Gasteiger partial charge in [-0.3, -0.25) is 14.6 Å². The third-order valence-electron chi connectivity index (χ3n) is 4.32. The lowest BCUT2D eigenvalue weighted by Gasteiger charge is -2.34. The Morgan fingerprint density at radius 3 is 2.12 bits per heavy atom. The van der Waals surface area contributed by atoms with Crippen molar-refractivity contribution in [3.63, 3.8) is 0 Å². The molecule has 1 saturated heterocycles. The highest BCUT2D eigenvalue weighted by Gasteiger charge is 2.19. The van der Waals surface area contributed by atoms with Crippen LogP contribution in [0.15, 0.2) is 48.5 Å². The summed E-state index contributed by atoms with van der Waals surface area (Å²) in [7, 11) is 0. The number of halogens is 2. The molecule has 0 bridgehead atoms. The van der Waals surface area contributed by atoms with E-state index < -0.39 is 0 Å². The quantitative estimate of drug-likeness (QED) is 0.774. The maximum Gasteiger partial charge on any atom is 0.176 e. The van der Waals surface area contributed by atoms with E-state index in [4.69, 9.17) is 11.6 Å². The van der Waals surface area contributed by atoms with Gasteiger partial charge in [-0.15, -0.1) is 0 Å². The highest BCUT2D eigenvalue weighted by atomic mass is 35.5. The summed E-state index contributed by atoms with van der Waals surface area (Å²) in [5, 5.41) is 0.640. The van der Waals surface area contributed by atoms with Crippen LogP contribution in [0.2, 0.25) is 5.02 Å². The second-order valence-electron chi connectivity index (χ2n) is 6.11. The molecule has 1 fully saturated rings. The molecule has 3 rings (SSSR count). The molecule has 0 atom stereocenters. The van der Waals surface area contributed by atoms with Crippen molar-refractivity contribution >= 4 is 17.4 Å². The third-order valence-corrected chi connectivity index (χ3v) is 4.57. The van der Waals surface area contributed by atoms with E-state index in [0.717, 1.165) is 38.3 Å². The molecule has 126 valence electrons. The normalized spacial score (nSPS) is 16.2. The molecule has 0 aromatic heterocycles. The fourth-order valence-electron chi connectivity index (χ4n) is 2.88. The van der Waals surface area contributed by atoms with Gasteiger partial charge in [0.2, 0.25) is 0 Å². The summed E-state index contributed by atoms with van der Waals surface area (Å²) in [6.45, 7) is 4.79. The molecule has 1 aliphatic rings. The largest absolute Gasteiger partial charge is 0.297 e. The van der Waals surface area contributed by atoms with Crippen LogP contribution in [0.25, 0.3) is 0 Å². The lowest BCUT2D eigenvalue weighted by atomic mass is 10.1. The van der Waals surface area contributed by atoms with Crippen LogP contribution in [0.3, 0.4) is 0 Å². The summed E-state index contributed by atoms with van der Waals surface area (Å²) in [6, 6.07) is 13.7. The van der Waals surface area contributed by atoms with Crippen LogP contribution in [0, 0.1) is 5.82 Å². The number of piperazine rings is 1. The molecule has 0 saturated carbocycles. The van der Waals surface area contributed by atoms with Crippen LogP contribution >= 0.6 is 11.6 Å². The van der Waals surface area contributed by atoms with E-state index in [9.17, 15) is 9.18 Å². The highest BCUT2D eigenvalue weighted by molar-refractivity contribution is 6.30. The monoisotopic (exact) mass is 346 g/mol. The highest BCUT2D eigenvalue weighted by Crippen LogP contribution is 2.12. The number of ketones is 1. The van der Waals surface area contributed by atoms with Gasteiger partial charge in [0.25, 0.3) is 0 Å². The fourth-order valence-corrected chi connectivity index (χ4v) is 3.01. The number of hydrogen-bond donors (Lipinski definition) is 0. The van der Waals surface area contributed by atoms with Crippen LogP contribution in [0.4, 0.5) is 4.39 Å². The molecular formula is C19H20ClFN2O. The smallest absolute Gasteiger partial charge is 0.176 e. The van der Waals surface area contributed by atoms with E-state index in [1.165, 1.54) is 12.1 Å². The number of Topliss-reactive ketones (excluding diaryl/α,β-unsaturated/α-hetero) is 1. The van der Waals surface area contributed by atoms with Gasteiger partial charge >= 0.3 is 0 Å². The molecule has 5 heteroatoms.